The Balaban J connectivity index is 2.03. The number of benzene rings is 3. The maximum absolute atomic E-state index is 13.6. The molecule has 0 fully saturated rings. The van der Waals surface area contributed by atoms with Gasteiger partial charge in [0.25, 0.3) is 0 Å². The highest BCUT2D eigenvalue weighted by Crippen LogP contribution is 2.36. The number of amides is 2. The quantitative estimate of drug-likeness (QED) is 0.399. The van der Waals surface area contributed by atoms with Gasteiger partial charge in [-0.2, -0.15) is 8.42 Å². The highest BCUT2D eigenvalue weighted by molar-refractivity contribution is 7.85. The Morgan fingerprint density at radius 3 is 1.46 bits per heavy atom. The zero-order chi connectivity index (χ0) is 25.6. The van der Waals surface area contributed by atoms with Gasteiger partial charge >= 0.3 is 10.3 Å². The van der Waals surface area contributed by atoms with Gasteiger partial charge in [-0.15, -0.1) is 4.31 Å². The molecule has 0 spiro atoms. The maximum Gasteiger partial charge on any atom is 0.419 e. The normalized spacial score (nSPS) is 11.5. The Morgan fingerprint density at radius 1 is 0.686 bits per heavy atom. The average molecular weight is 494 g/mol. The van der Waals surface area contributed by atoms with E-state index >= 15 is 0 Å². The highest BCUT2D eigenvalue weighted by atomic mass is 32.2. The molecular weight excluding hydrogens is 462 g/mol. The van der Waals surface area contributed by atoms with Crippen molar-refractivity contribution in [3.8, 4) is 5.75 Å². The summed E-state index contributed by atoms with van der Waals surface area (Å²) in [5.74, 6) is -1.64. The monoisotopic (exact) mass is 493 g/mol. The average Bonchev–Trinajstić information content (AvgIpc) is 2.79. The van der Waals surface area contributed by atoms with Crippen LogP contribution in [0.25, 0.3) is 0 Å². The standard InChI is InChI=1S/C28H31NO5S/c1-20(2)24-16-11-17-25(21(3)4)28(24)34-35(32,33)29(26(30)18-22-12-7-5-8-13-22)27(31)19-23-14-9-6-10-15-23/h5-17,20-21H,18-19H2,1-4H3. The second kappa shape index (κ2) is 11.3. The molecule has 0 N–H and O–H groups in total. The molecule has 0 saturated carbocycles. The van der Waals surface area contributed by atoms with Gasteiger partial charge in [-0.3, -0.25) is 9.59 Å². The van der Waals surface area contributed by atoms with E-state index in [0.29, 0.717) is 22.3 Å². The molecule has 2 amide bonds. The van der Waals surface area contributed by atoms with Crippen molar-refractivity contribution < 1.29 is 22.2 Å². The third-order valence-corrected chi connectivity index (χ3v) is 6.81. The molecule has 0 aliphatic carbocycles. The number of hydrogen-bond donors (Lipinski definition) is 0. The lowest BCUT2D eigenvalue weighted by atomic mass is 9.94. The van der Waals surface area contributed by atoms with E-state index in [1.807, 2.05) is 33.8 Å². The summed E-state index contributed by atoms with van der Waals surface area (Å²) in [5, 5.41) is 0. The minimum atomic E-state index is -4.79. The molecule has 3 aromatic carbocycles. The van der Waals surface area contributed by atoms with Crippen LogP contribution in [0.5, 0.6) is 5.75 Å². The molecule has 6 nitrogen and oxygen atoms in total. The SMILES string of the molecule is CC(C)c1cccc(C(C)C)c1OS(=O)(=O)N(C(=O)Cc1ccccc1)C(=O)Cc1ccccc1. The molecule has 35 heavy (non-hydrogen) atoms. The molecule has 0 aromatic heterocycles. The second-order valence-electron chi connectivity index (χ2n) is 8.99. The van der Waals surface area contributed by atoms with E-state index in [9.17, 15) is 18.0 Å². The van der Waals surface area contributed by atoms with Gasteiger partial charge in [0, 0.05) is 0 Å². The molecule has 0 heterocycles. The lowest BCUT2D eigenvalue weighted by Crippen LogP contribution is -2.45. The molecule has 0 aliphatic rings. The summed E-state index contributed by atoms with van der Waals surface area (Å²) in [5.41, 5.74) is 2.56. The smallest absolute Gasteiger partial charge is 0.366 e. The van der Waals surface area contributed by atoms with Gasteiger partial charge in [-0.1, -0.05) is 107 Å². The lowest BCUT2D eigenvalue weighted by Gasteiger charge is -2.24. The molecule has 3 aromatic rings. The van der Waals surface area contributed by atoms with Crippen molar-refractivity contribution in [1.82, 2.24) is 4.31 Å². The van der Waals surface area contributed by atoms with Crippen LogP contribution in [0.15, 0.2) is 78.9 Å². The van der Waals surface area contributed by atoms with Gasteiger partial charge in [0.15, 0.2) is 5.75 Å². The largest absolute Gasteiger partial charge is 0.419 e. The Kier molecular flexibility index (Phi) is 8.46. The first-order valence-electron chi connectivity index (χ1n) is 11.6. The molecule has 0 radical (unpaired) electrons. The number of rotatable bonds is 9. The molecule has 0 saturated heterocycles. The lowest BCUT2D eigenvalue weighted by molar-refractivity contribution is -0.138. The van der Waals surface area contributed by atoms with Gasteiger partial charge in [0.2, 0.25) is 11.8 Å². The van der Waals surface area contributed by atoms with Crippen LogP contribution in [-0.2, 0) is 32.7 Å². The van der Waals surface area contributed by atoms with Crippen LogP contribution >= 0.6 is 0 Å². The number of para-hydroxylation sites is 1. The first kappa shape index (κ1) is 26.2. The van der Waals surface area contributed by atoms with Gasteiger partial charge in [-0.05, 0) is 34.1 Å². The van der Waals surface area contributed by atoms with Crippen molar-refractivity contribution >= 4 is 22.1 Å². The van der Waals surface area contributed by atoms with E-state index in [1.54, 1.807) is 72.8 Å². The zero-order valence-electron chi connectivity index (χ0n) is 20.5. The fourth-order valence-electron chi connectivity index (χ4n) is 3.79. The molecule has 3 rings (SSSR count). The van der Waals surface area contributed by atoms with E-state index in [2.05, 4.69) is 0 Å². The third kappa shape index (κ3) is 6.57. The summed E-state index contributed by atoms with van der Waals surface area (Å²) in [6.07, 6.45) is -0.514. The molecule has 184 valence electrons. The Bertz CT molecular complexity index is 1190. The van der Waals surface area contributed by atoms with Crippen LogP contribution in [0.3, 0.4) is 0 Å². The fourth-order valence-corrected chi connectivity index (χ4v) is 4.90. The van der Waals surface area contributed by atoms with Crippen LogP contribution in [0.1, 0.15) is 61.8 Å². The van der Waals surface area contributed by atoms with Gasteiger partial charge in [0.05, 0.1) is 12.8 Å². The van der Waals surface area contributed by atoms with Gasteiger partial charge < -0.3 is 4.18 Å². The zero-order valence-corrected chi connectivity index (χ0v) is 21.3. The first-order chi connectivity index (χ1) is 16.6. The minimum absolute atomic E-state index is 0.0348. The number of hydrogen-bond acceptors (Lipinski definition) is 5. The van der Waals surface area contributed by atoms with E-state index in [1.165, 1.54) is 0 Å². The van der Waals surface area contributed by atoms with Crippen molar-refractivity contribution in [2.24, 2.45) is 0 Å². The summed E-state index contributed by atoms with van der Waals surface area (Å²) in [7, 11) is -4.79. The summed E-state index contributed by atoms with van der Waals surface area (Å²) in [6, 6.07) is 22.8. The van der Waals surface area contributed by atoms with Gasteiger partial charge in [-0.25, -0.2) is 0 Å². The number of carbonyl (C=O) groups is 2. The molecular formula is C28H31NO5S. The fraction of sp³-hybridized carbons (Fsp3) is 0.286. The molecule has 0 aliphatic heterocycles. The molecule has 0 atom stereocenters. The van der Waals surface area contributed by atoms with E-state index in [4.69, 9.17) is 4.18 Å². The molecule has 0 bridgehead atoms. The van der Waals surface area contributed by atoms with Crippen molar-refractivity contribution in [2.45, 2.75) is 52.4 Å². The summed E-state index contributed by atoms with van der Waals surface area (Å²) < 4.78 is 33.1. The summed E-state index contributed by atoms with van der Waals surface area (Å²) >= 11 is 0. The predicted octanol–water partition coefficient (Wildman–Crippen LogP) is 5.40. The second-order valence-corrected chi connectivity index (χ2v) is 10.4. The summed E-state index contributed by atoms with van der Waals surface area (Å²) in [4.78, 5) is 26.5. The topological polar surface area (TPSA) is 80.8 Å². The third-order valence-electron chi connectivity index (χ3n) is 5.58. The highest BCUT2D eigenvalue weighted by Gasteiger charge is 2.37. The minimum Gasteiger partial charge on any atom is -0.366 e. The number of nitrogens with zero attached hydrogens (tertiary/aromatic N) is 1. The Labute approximate surface area is 207 Å². The Hall–Kier alpha value is -3.45. The van der Waals surface area contributed by atoms with Crippen LogP contribution in [-0.4, -0.2) is 24.5 Å². The van der Waals surface area contributed by atoms with Gasteiger partial charge in [0.1, 0.15) is 0 Å². The van der Waals surface area contributed by atoms with Crippen LogP contribution in [0.2, 0.25) is 0 Å². The number of imide groups is 1. The van der Waals surface area contributed by atoms with Crippen molar-refractivity contribution in [1.29, 1.82) is 0 Å². The van der Waals surface area contributed by atoms with Crippen molar-refractivity contribution in [2.75, 3.05) is 0 Å². The van der Waals surface area contributed by atoms with Crippen LogP contribution in [0, 0.1) is 0 Å². The Morgan fingerprint density at radius 2 is 1.09 bits per heavy atom. The molecule has 0 unspecified atom stereocenters. The first-order valence-corrected chi connectivity index (χ1v) is 13.0. The maximum atomic E-state index is 13.6. The summed E-state index contributed by atoms with van der Waals surface area (Å²) in [6.45, 7) is 7.71. The van der Waals surface area contributed by atoms with Crippen molar-refractivity contribution in [3.63, 3.8) is 0 Å². The number of carbonyl (C=O) groups excluding carboxylic acids is 2. The molecule has 7 heteroatoms. The van der Waals surface area contributed by atoms with E-state index in [-0.39, 0.29) is 34.7 Å². The van der Waals surface area contributed by atoms with E-state index in [0.717, 1.165) is 0 Å². The van der Waals surface area contributed by atoms with Crippen LogP contribution in [0.4, 0.5) is 0 Å². The van der Waals surface area contributed by atoms with E-state index < -0.39 is 22.1 Å². The van der Waals surface area contributed by atoms with Crippen molar-refractivity contribution in [3.05, 3.63) is 101 Å². The predicted molar refractivity (Wildman–Crippen MR) is 136 cm³/mol. The van der Waals surface area contributed by atoms with Crippen LogP contribution < -0.4 is 4.18 Å².